The highest BCUT2D eigenvalue weighted by molar-refractivity contribution is 5.98. The summed E-state index contributed by atoms with van der Waals surface area (Å²) in [5, 5.41) is 6.17. The van der Waals surface area contributed by atoms with Crippen LogP contribution < -0.4 is 10.6 Å². The molecule has 0 atom stereocenters. The zero-order valence-corrected chi connectivity index (χ0v) is 14.6. The Bertz CT molecular complexity index is 698. The van der Waals surface area contributed by atoms with Crippen LogP contribution in [0.25, 0.3) is 11.1 Å². The first kappa shape index (κ1) is 18.7. The normalized spacial score (nSPS) is 16.6. The van der Waals surface area contributed by atoms with Crippen LogP contribution >= 0.6 is 12.4 Å². The molecule has 0 saturated carbocycles. The molecule has 2 heterocycles. The van der Waals surface area contributed by atoms with Gasteiger partial charge in [-0.1, -0.05) is 0 Å². The number of amides is 1. The smallest absolute Gasteiger partial charge is 0.256 e. The molecule has 1 saturated heterocycles. The summed E-state index contributed by atoms with van der Waals surface area (Å²) in [6.45, 7) is 1.85. The van der Waals surface area contributed by atoms with E-state index in [4.69, 9.17) is 13.9 Å². The Labute approximate surface area is 146 Å². The van der Waals surface area contributed by atoms with Crippen molar-refractivity contribution < 1.29 is 18.7 Å². The second-order valence-corrected chi connectivity index (χ2v) is 5.63. The fourth-order valence-corrected chi connectivity index (χ4v) is 2.84. The average molecular weight is 356 g/mol. The number of benzene rings is 1. The van der Waals surface area contributed by atoms with Crippen LogP contribution in [0.1, 0.15) is 18.7 Å². The standard InChI is InChI=1S/C16H21N3O4.ClH/c1-21-10-14-19-12-9-11(3-4-13(12)23-14)18-15(20)16(22-2)5-7-17-8-6-16;/h3-4,9,17H,5-8,10H2,1-2H3,(H,18,20);1H. The molecule has 1 fully saturated rings. The van der Waals surface area contributed by atoms with Crippen molar-refractivity contribution in [2.45, 2.75) is 25.0 Å². The lowest BCUT2D eigenvalue weighted by atomic mass is 9.91. The monoisotopic (exact) mass is 355 g/mol. The number of halogens is 1. The van der Waals surface area contributed by atoms with Gasteiger partial charge in [0.2, 0.25) is 5.89 Å². The Morgan fingerprint density at radius 3 is 2.79 bits per heavy atom. The highest BCUT2D eigenvalue weighted by atomic mass is 35.5. The molecular formula is C16H22ClN3O4. The second kappa shape index (κ2) is 7.94. The van der Waals surface area contributed by atoms with E-state index in [1.54, 1.807) is 32.4 Å². The largest absolute Gasteiger partial charge is 0.438 e. The van der Waals surface area contributed by atoms with Crippen LogP contribution in [0.2, 0.25) is 0 Å². The first-order chi connectivity index (χ1) is 11.2. The molecule has 2 N–H and O–H groups in total. The summed E-state index contributed by atoms with van der Waals surface area (Å²) in [6.07, 6.45) is 1.30. The van der Waals surface area contributed by atoms with Crippen LogP contribution in [-0.2, 0) is 20.9 Å². The molecule has 2 aromatic rings. The van der Waals surface area contributed by atoms with E-state index < -0.39 is 5.60 Å². The summed E-state index contributed by atoms with van der Waals surface area (Å²) in [6, 6.07) is 5.38. The topological polar surface area (TPSA) is 85.6 Å². The minimum Gasteiger partial charge on any atom is -0.438 e. The average Bonchev–Trinajstić information content (AvgIpc) is 2.97. The molecule has 8 heteroatoms. The number of oxazole rings is 1. The number of carbonyl (C=O) groups is 1. The van der Waals surface area contributed by atoms with Crippen molar-refractivity contribution >= 4 is 35.1 Å². The Hall–Kier alpha value is -1.67. The van der Waals surface area contributed by atoms with Gasteiger partial charge in [-0.15, -0.1) is 12.4 Å². The van der Waals surface area contributed by atoms with Crippen LogP contribution in [-0.4, -0.2) is 43.8 Å². The Morgan fingerprint density at radius 2 is 2.12 bits per heavy atom. The molecule has 1 aromatic carbocycles. The molecule has 132 valence electrons. The van der Waals surface area contributed by atoms with Crippen LogP contribution in [0.3, 0.4) is 0 Å². The van der Waals surface area contributed by atoms with E-state index in [1.165, 1.54) is 0 Å². The van der Waals surface area contributed by atoms with Gasteiger partial charge in [0.05, 0.1) is 0 Å². The van der Waals surface area contributed by atoms with Gasteiger partial charge in [-0.2, -0.15) is 0 Å². The highest BCUT2D eigenvalue weighted by Crippen LogP contribution is 2.26. The lowest BCUT2D eigenvalue weighted by Crippen LogP contribution is -2.51. The Kier molecular flexibility index (Phi) is 6.17. The number of rotatable bonds is 5. The number of carbonyl (C=O) groups excluding carboxylic acids is 1. The van der Waals surface area contributed by atoms with E-state index >= 15 is 0 Å². The molecule has 0 unspecified atom stereocenters. The summed E-state index contributed by atoms with van der Waals surface area (Å²) < 4.78 is 16.1. The highest BCUT2D eigenvalue weighted by Gasteiger charge is 2.39. The van der Waals surface area contributed by atoms with Crippen molar-refractivity contribution in [3.63, 3.8) is 0 Å². The van der Waals surface area contributed by atoms with Crippen LogP contribution in [0, 0.1) is 0 Å². The minimum atomic E-state index is -0.773. The number of piperidine rings is 1. The first-order valence-corrected chi connectivity index (χ1v) is 7.62. The quantitative estimate of drug-likeness (QED) is 0.854. The predicted molar refractivity (Wildman–Crippen MR) is 92.4 cm³/mol. The number of hydrogen-bond donors (Lipinski definition) is 2. The molecule has 0 aliphatic carbocycles. The Morgan fingerprint density at radius 1 is 1.38 bits per heavy atom. The minimum absolute atomic E-state index is 0. The number of anilines is 1. The molecule has 1 amide bonds. The maximum Gasteiger partial charge on any atom is 0.256 e. The third-order valence-electron chi connectivity index (χ3n) is 4.17. The summed E-state index contributed by atoms with van der Waals surface area (Å²) in [4.78, 5) is 17.0. The zero-order chi connectivity index (χ0) is 16.3. The molecule has 7 nitrogen and oxygen atoms in total. The maximum absolute atomic E-state index is 12.6. The van der Waals surface area contributed by atoms with Crippen molar-refractivity contribution in [3.05, 3.63) is 24.1 Å². The lowest BCUT2D eigenvalue weighted by molar-refractivity contribution is -0.140. The van der Waals surface area contributed by atoms with Gasteiger partial charge in [-0.05, 0) is 44.1 Å². The van der Waals surface area contributed by atoms with Gasteiger partial charge in [-0.25, -0.2) is 4.98 Å². The molecular weight excluding hydrogens is 334 g/mol. The molecule has 1 aliphatic rings. The van der Waals surface area contributed by atoms with Crippen molar-refractivity contribution in [1.82, 2.24) is 10.3 Å². The van der Waals surface area contributed by atoms with Crippen molar-refractivity contribution in [3.8, 4) is 0 Å². The molecule has 3 rings (SSSR count). The van der Waals surface area contributed by atoms with Crippen LogP contribution in [0.15, 0.2) is 22.6 Å². The predicted octanol–water partition coefficient (Wildman–Crippen LogP) is 2.10. The summed E-state index contributed by atoms with van der Waals surface area (Å²) >= 11 is 0. The molecule has 0 bridgehead atoms. The number of ether oxygens (including phenoxy) is 2. The van der Waals surface area contributed by atoms with E-state index in [1.807, 2.05) is 0 Å². The van der Waals surface area contributed by atoms with Gasteiger partial charge in [0, 0.05) is 19.9 Å². The second-order valence-electron chi connectivity index (χ2n) is 5.63. The first-order valence-electron chi connectivity index (χ1n) is 7.62. The van der Waals surface area contributed by atoms with Crippen LogP contribution in [0.4, 0.5) is 5.69 Å². The van der Waals surface area contributed by atoms with Gasteiger partial charge in [0.25, 0.3) is 5.91 Å². The molecule has 1 aromatic heterocycles. The van der Waals surface area contributed by atoms with E-state index in [9.17, 15) is 4.79 Å². The van der Waals surface area contributed by atoms with Gasteiger partial charge in [0.1, 0.15) is 17.7 Å². The van der Waals surface area contributed by atoms with Crippen molar-refractivity contribution in [2.75, 3.05) is 32.6 Å². The number of methoxy groups -OCH3 is 2. The summed E-state index contributed by atoms with van der Waals surface area (Å²) in [5.74, 6) is 0.388. The SMILES string of the molecule is COCc1nc2cc(NC(=O)C3(OC)CCNCC3)ccc2o1.Cl. The lowest BCUT2D eigenvalue weighted by Gasteiger charge is -2.34. The number of hydrogen-bond acceptors (Lipinski definition) is 6. The fraction of sp³-hybridized carbons (Fsp3) is 0.500. The summed E-state index contributed by atoms with van der Waals surface area (Å²) in [7, 11) is 3.17. The number of nitrogens with zero attached hydrogens (tertiary/aromatic N) is 1. The zero-order valence-electron chi connectivity index (χ0n) is 13.8. The van der Waals surface area contributed by atoms with E-state index in [0.717, 1.165) is 13.1 Å². The third-order valence-corrected chi connectivity index (χ3v) is 4.17. The van der Waals surface area contributed by atoms with E-state index in [-0.39, 0.29) is 18.3 Å². The molecule has 0 radical (unpaired) electrons. The van der Waals surface area contributed by atoms with E-state index in [0.29, 0.717) is 42.1 Å². The molecule has 1 aliphatic heterocycles. The van der Waals surface area contributed by atoms with E-state index in [2.05, 4.69) is 15.6 Å². The molecule has 24 heavy (non-hydrogen) atoms. The number of fused-ring (bicyclic) bond motifs is 1. The fourth-order valence-electron chi connectivity index (χ4n) is 2.84. The van der Waals surface area contributed by atoms with Gasteiger partial charge < -0.3 is 24.5 Å². The van der Waals surface area contributed by atoms with Gasteiger partial charge in [0.15, 0.2) is 5.58 Å². The van der Waals surface area contributed by atoms with Crippen molar-refractivity contribution in [1.29, 1.82) is 0 Å². The molecule has 0 spiro atoms. The number of aromatic nitrogens is 1. The van der Waals surface area contributed by atoms with Crippen molar-refractivity contribution in [2.24, 2.45) is 0 Å². The van der Waals surface area contributed by atoms with Gasteiger partial charge in [-0.3, -0.25) is 4.79 Å². The summed E-state index contributed by atoms with van der Waals surface area (Å²) in [5.41, 5.74) is 1.25. The third kappa shape index (κ3) is 3.70. The van der Waals surface area contributed by atoms with Gasteiger partial charge >= 0.3 is 0 Å². The van der Waals surface area contributed by atoms with Crippen LogP contribution in [0.5, 0.6) is 0 Å². The maximum atomic E-state index is 12.6. The Balaban J connectivity index is 0.00000208. The number of nitrogens with one attached hydrogen (secondary N) is 2.